The van der Waals surface area contributed by atoms with Crippen molar-refractivity contribution in [3.63, 3.8) is 0 Å². The van der Waals surface area contributed by atoms with E-state index in [4.69, 9.17) is 4.74 Å². The predicted octanol–water partition coefficient (Wildman–Crippen LogP) is 0.574. The Labute approximate surface area is 113 Å². The van der Waals surface area contributed by atoms with Gasteiger partial charge >= 0.3 is 5.69 Å². The molecule has 1 unspecified atom stereocenters. The molecule has 9 heteroatoms. The number of benzene rings is 1. The minimum Gasteiger partial charge on any atom is -0.389 e. The van der Waals surface area contributed by atoms with Crippen LogP contribution in [0.3, 0.4) is 0 Å². The zero-order chi connectivity index (χ0) is 14.7. The van der Waals surface area contributed by atoms with Gasteiger partial charge in [0.1, 0.15) is 0 Å². The first-order chi connectivity index (χ1) is 9.54. The van der Waals surface area contributed by atoms with Crippen LogP contribution < -0.4 is 4.90 Å². The van der Waals surface area contributed by atoms with Crippen LogP contribution in [0, 0.1) is 10.1 Å². The average Bonchev–Trinajstić information content (AvgIpc) is 2.86. The van der Waals surface area contributed by atoms with Gasteiger partial charge in [-0.3, -0.25) is 10.1 Å². The predicted molar refractivity (Wildman–Crippen MR) is 69.6 cm³/mol. The molecular weight excluding hydrogens is 268 g/mol. The SMILES string of the molecule is COCC(O)CN(C)c1ccc([N+](=O)[O-])c2nonc12. The third-order valence-electron chi connectivity index (χ3n) is 2.82. The molecule has 0 bridgehead atoms. The first-order valence-corrected chi connectivity index (χ1v) is 5.82. The summed E-state index contributed by atoms with van der Waals surface area (Å²) >= 11 is 0. The van der Waals surface area contributed by atoms with E-state index in [1.54, 1.807) is 18.0 Å². The molecule has 1 atom stereocenters. The van der Waals surface area contributed by atoms with Crippen LogP contribution in [-0.2, 0) is 4.74 Å². The van der Waals surface area contributed by atoms with E-state index in [1.165, 1.54) is 13.2 Å². The number of nitro groups is 1. The fraction of sp³-hybridized carbons (Fsp3) is 0.455. The summed E-state index contributed by atoms with van der Waals surface area (Å²) in [6.45, 7) is 0.477. The van der Waals surface area contributed by atoms with Gasteiger partial charge in [0, 0.05) is 26.8 Å². The maximum atomic E-state index is 10.9. The summed E-state index contributed by atoms with van der Waals surface area (Å²) in [6.07, 6.45) is -0.685. The molecule has 0 saturated heterocycles. The van der Waals surface area contributed by atoms with Crippen molar-refractivity contribution in [2.75, 3.05) is 32.2 Å². The monoisotopic (exact) mass is 282 g/mol. The van der Waals surface area contributed by atoms with Crippen molar-refractivity contribution in [1.82, 2.24) is 10.3 Å². The van der Waals surface area contributed by atoms with Gasteiger partial charge in [0.25, 0.3) is 0 Å². The van der Waals surface area contributed by atoms with E-state index in [1.807, 2.05) is 0 Å². The minimum absolute atomic E-state index is 0.0839. The van der Waals surface area contributed by atoms with Crippen molar-refractivity contribution in [3.8, 4) is 0 Å². The standard InChI is InChI=1S/C11H14N4O5/c1-14(5-7(16)6-19-2)8-3-4-9(15(17)18)11-10(8)12-20-13-11/h3-4,7,16H,5-6H2,1-2H3. The average molecular weight is 282 g/mol. The number of anilines is 1. The molecular formula is C11H14N4O5. The van der Waals surface area contributed by atoms with Crippen LogP contribution >= 0.6 is 0 Å². The highest BCUT2D eigenvalue weighted by atomic mass is 16.6. The number of rotatable bonds is 6. The van der Waals surface area contributed by atoms with Crippen molar-refractivity contribution in [2.24, 2.45) is 0 Å². The summed E-state index contributed by atoms with van der Waals surface area (Å²) in [5.41, 5.74) is 0.782. The Balaban J connectivity index is 2.33. The number of ether oxygens (including phenoxy) is 1. The highest BCUT2D eigenvalue weighted by molar-refractivity contribution is 5.93. The lowest BCUT2D eigenvalue weighted by Gasteiger charge is -2.22. The number of methoxy groups -OCH3 is 1. The maximum absolute atomic E-state index is 10.9. The number of likely N-dealkylation sites (N-methyl/N-ethyl adjacent to an activating group) is 1. The van der Waals surface area contributed by atoms with Crippen LogP contribution in [-0.4, -0.2) is 53.8 Å². The maximum Gasteiger partial charge on any atom is 0.300 e. The fourth-order valence-corrected chi connectivity index (χ4v) is 1.96. The first kappa shape index (κ1) is 14.2. The first-order valence-electron chi connectivity index (χ1n) is 5.82. The molecule has 0 fully saturated rings. The van der Waals surface area contributed by atoms with E-state index in [9.17, 15) is 15.2 Å². The Morgan fingerprint density at radius 2 is 2.20 bits per heavy atom. The number of nitrogens with zero attached hydrogens (tertiary/aromatic N) is 4. The van der Waals surface area contributed by atoms with Gasteiger partial charge in [0.15, 0.2) is 5.52 Å². The number of hydrogen-bond acceptors (Lipinski definition) is 8. The molecule has 2 rings (SSSR count). The third kappa shape index (κ3) is 2.68. The van der Waals surface area contributed by atoms with Crippen LogP contribution in [0.5, 0.6) is 0 Å². The molecule has 108 valence electrons. The molecule has 0 amide bonds. The van der Waals surface area contributed by atoms with Crippen molar-refractivity contribution in [1.29, 1.82) is 0 Å². The van der Waals surface area contributed by atoms with E-state index in [-0.39, 0.29) is 29.9 Å². The van der Waals surface area contributed by atoms with Gasteiger partial charge in [0.05, 0.1) is 23.3 Å². The summed E-state index contributed by atoms with van der Waals surface area (Å²) in [6, 6.07) is 2.88. The van der Waals surface area contributed by atoms with Crippen molar-refractivity contribution in [3.05, 3.63) is 22.2 Å². The van der Waals surface area contributed by atoms with Gasteiger partial charge < -0.3 is 14.7 Å². The van der Waals surface area contributed by atoms with Gasteiger partial charge in [0.2, 0.25) is 5.52 Å². The molecule has 0 radical (unpaired) electrons. The minimum atomic E-state index is -0.685. The normalized spacial score (nSPS) is 12.6. The van der Waals surface area contributed by atoms with E-state index in [0.717, 1.165) is 0 Å². The van der Waals surface area contributed by atoms with E-state index in [2.05, 4.69) is 14.9 Å². The molecule has 9 nitrogen and oxygen atoms in total. The van der Waals surface area contributed by atoms with Crippen molar-refractivity contribution >= 4 is 22.4 Å². The van der Waals surface area contributed by atoms with Crippen molar-refractivity contribution < 1.29 is 19.4 Å². The summed E-state index contributed by atoms with van der Waals surface area (Å²) < 4.78 is 9.43. The molecule has 1 aromatic heterocycles. The molecule has 1 aromatic carbocycles. The number of hydrogen-bond donors (Lipinski definition) is 1. The van der Waals surface area contributed by atoms with E-state index >= 15 is 0 Å². The zero-order valence-corrected chi connectivity index (χ0v) is 11.0. The summed E-state index contributed by atoms with van der Waals surface area (Å²) in [5, 5.41) is 27.8. The van der Waals surface area contributed by atoms with Gasteiger partial charge in [-0.25, -0.2) is 4.63 Å². The number of fused-ring (bicyclic) bond motifs is 1. The molecule has 1 N–H and O–H groups in total. The second-order valence-corrected chi connectivity index (χ2v) is 4.31. The van der Waals surface area contributed by atoms with Gasteiger partial charge in [-0.1, -0.05) is 0 Å². The second kappa shape index (κ2) is 5.80. The Morgan fingerprint density at radius 3 is 2.85 bits per heavy atom. The largest absolute Gasteiger partial charge is 0.389 e. The highest BCUT2D eigenvalue weighted by Gasteiger charge is 2.21. The molecule has 0 spiro atoms. The van der Waals surface area contributed by atoms with Crippen LogP contribution in [0.15, 0.2) is 16.8 Å². The Morgan fingerprint density at radius 1 is 1.50 bits per heavy atom. The number of aliphatic hydroxyl groups is 1. The molecule has 0 saturated carbocycles. The van der Waals surface area contributed by atoms with Crippen LogP contribution in [0.4, 0.5) is 11.4 Å². The molecule has 20 heavy (non-hydrogen) atoms. The Kier molecular flexibility index (Phi) is 4.11. The Bertz CT molecular complexity index is 614. The third-order valence-corrected chi connectivity index (χ3v) is 2.82. The molecule has 2 aromatic rings. The van der Waals surface area contributed by atoms with Gasteiger partial charge in [-0.15, -0.1) is 0 Å². The summed E-state index contributed by atoms with van der Waals surface area (Å²) in [5.74, 6) is 0. The lowest BCUT2D eigenvalue weighted by molar-refractivity contribution is -0.383. The molecule has 0 aliphatic heterocycles. The van der Waals surface area contributed by atoms with E-state index < -0.39 is 11.0 Å². The molecule has 1 heterocycles. The molecule has 0 aliphatic carbocycles. The summed E-state index contributed by atoms with van der Waals surface area (Å²) in [4.78, 5) is 12.0. The van der Waals surface area contributed by atoms with Crippen LogP contribution in [0.2, 0.25) is 0 Å². The van der Waals surface area contributed by atoms with Crippen molar-refractivity contribution in [2.45, 2.75) is 6.10 Å². The quantitative estimate of drug-likeness (QED) is 0.604. The van der Waals surface area contributed by atoms with Gasteiger partial charge in [-0.2, -0.15) is 0 Å². The zero-order valence-electron chi connectivity index (χ0n) is 11.0. The lowest BCUT2D eigenvalue weighted by atomic mass is 10.2. The van der Waals surface area contributed by atoms with Crippen LogP contribution in [0.25, 0.3) is 11.0 Å². The summed E-state index contributed by atoms with van der Waals surface area (Å²) in [7, 11) is 3.23. The second-order valence-electron chi connectivity index (χ2n) is 4.31. The number of aromatic nitrogens is 2. The topological polar surface area (TPSA) is 115 Å². The number of non-ortho nitro benzene ring substituents is 1. The molecule has 0 aliphatic rings. The smallest absolute Gasteiger partial charge is 0.300 e. The van der Waals surface area contributed by atoms with Crippen LogP contribution in [0.1, 0.15) is 0 Å². The number of aliphatic hydroxyl groups excluding tert-OH is 1. The lowest BCUT2D eigenvalue weighted by Crippen LogP contribution is -2.32. The highest BCUT2D eigenvalue weighted by Crippen LogP contribution is 2.30. The number of nitro benzene ring substituents is 1. The fourth-order valence-electron chi connectivity index (χ4n) is 1.96. The van der Waals surface area contributed by atoms with E-state index in [0.29, 0.717) is 5.69 Å². The van der Waals surface area contributed by atoms with Gasteiger partial charge in [-0.05, 0) is 16.4 Å². The Hall–Kier alpha value is -2.26.